The lowest BCUT2D eigenvalue weighted by molar-refractivity contribution is 0.0613. The monoisotopic (exact) mass is 412 g/mol. The number of amides is 1. The zero-order chi connectivity index (χ0) is 20.5. The predicted molar refractivity (Wildman–Crippen MR) is 108 cm³/mol. The summed E-state index contributed by atoms with van der Waals surface area (Å²) < 4.78 is 13.9. The second-order valence-electron chi connectivity index (χ2n) is 8.66. The Kier molecular flexibility index (Phi) is 5.43. The van der Waals surface area contributed by atoms with Crippen LogP contribution >= 0.6 is 0 Å². The Morgan fingerprint density at radius 2 is 1.93 bits per heavy atom. The van der Waals surface area contributed by atoms with Gasteiger partial charge in [-0.3, -0.25) is 4.79 Å². The molecular formula is C22H28N4O4. The molecule has 1 aromatic carbocycles. The summed E-state index contributed by atoms with van der Waals surface area (Å²) in [4.78, 5) is 12.5. The molecule has 1 aromatic heterocycles. The molecule has 3 fully saturated rings. The van der Waals surface area contributed by atoms with Gasteiger partial charge in [0.1, 0.15) is 24.0 Å². The minimum absolute atomic E-state index is 0.0382. The van der Waals surface area contributed by atoms with Gasteiger partial charge in [-0.1, -0.05) is 49.5 Å². The van der Waals surface area contributed by atoms with Crippen molar-refractivity contribution in [2.45, 2.75) is 62.8 Å². The van der Waals surface area contributed by atoms with Crippen molar-refractivity contribution in [3.8, 4) is 5.75 Å². The Morgan fingerprint density at radius 1 is 1.13 bits per heavy atom. The SMILES string of the molecule is O=C(N[C@H]1CO[C@H]2[C@@H]1OC[C@@H]2n1cc(CC2CCCCC2)nn1)c1ccccc1O. The van der Waals surface area contributed by atoms with Gasteiger partial charge in [-0.25, -0.2) is 4.68 Å². The van der Waals surface area contributed by atoms with Crippen LogP contribution in [-0.4, -0.2) is 57.5 Å². The molecule has 2 aliphatic heterocycles. The fraction of sp³-hybridized carbons (Fsp3) is 0.591. The normalized spacial score (nSPS) is 29.1. The minimum Gasteiger partial charge on any atom is -0.507 e. The van der Waals surface area contributed by atoms with E-state index in [0.717, 1.165) is 12.1 Å². The van der Waals surface area contributed by atoms with E-state index in [1.165, 1.54) is 38.2 Å². The van der Waals surface area contributed by atoms with Crippen LogP contribution in [0.15, 0.2) is 30.5 Å². The van der Waals surface area contributed by atoms with Crippen LogP contribution in [0.3, 0.4) is 0 Å². The molecule has 2 N–H and O–H groups in total. The highest BCUT2D eigenvalue weighted by atomic mass is 16.6. The maximum atomic E-state index is 12.5. The Morgan fingerprint density at radius 3 is 2.77 bits per heavy atom. The van der Waals surface area contributed by atoms with Crippen molar-refractivity contribution < 1.29 is 19.4 Å². The van der Waals surface area contributed by atoms with Crippen LogP contribution in [0.2, 0.25) is 0 Å². The highest BCUT2D eigenvalue weighted by molar-refractivity contribution is 5.97. The lowest BCUT2D eigenvalue weighted by Gasteiger charge is -2.20. The molecule has 1 saturated carbocycles. The first kappa shape index (κ1) is 19.5. The van der Waals surface area contributed by atoms with Gasteiger partial charge in [0.05, 0.1) is 30.5 Å². The number of hydrogen-bond acceptors (Lipinski definition) is 6. The molecule has 8 nitrogen and oxygen atoms in total. The molecule has 4 atom stereocenters. The number of fused-ring (bicyclic) bond motifs is 1. The number of nitrogens with zero attached hydrogens (tertiary/aromatic N) is 3. The maximum absolute atomic E-state index is 12.5. The number of aromatic nitrogens is 3. The number of rotatable bonds is 5. The standard InChI is InChI=1S/C22H28N4O4/c27-19-9-5-4-8-16(19)22(28)23-17-12-29-21-18(13-30-20(17)21)26-11-15(24-25-26)10-14-6-2-1-3-7-14/h4-5,8-9,11,14,17-18,20-21,27H,1-3,6-7,10,12-13H2,(H,23,28)/t17-,18-,20+,21+/m0/s1. The third-order valence-electron chi connectivity index (χ3n) is 6.61. The molecule has 1 amide bonds. The zero-order valence-electron chi connectivity index (χ0n) is 16.9. The van der Waals surface area contributed by atoms with Crippen molar-refractivity contribution in [1.29, 1.82) is 0 Å². The van der Waals surface area contributed by atoms with Crippen LogP contribution < -0.4 is 5.32 Å². The summed E-state index contributed by atoms with van der Waals surface area (Å²) in [6.07, 6.45) is 9.16. The van der Waals surface area contributed by atoms with Crippen molar-refractivity contribution in [3.05, 3.63) is 41.7 Å². The molecule has 8 heteroatoms. The third-order valence-corrected chi connectivity index (χ3v) is 6.61. The number of para-hydroxylation sites is 1. The van der Waals surface area contributed by atoms with E-state index in [-0.39, 0.29) is 41.5 Å². The van der Waals surface area contributed by atoms with Crippen molar-refractivity contribution in [1.82, 2.24) is 20.3 Å². The number of benzene rings is 1. The Labute approximate surface area is 175 Å². The summed E-state index contributed by atoms with van der Waals surface area (Å²) in [7, 11) is 0. The van der Waals surface area contributed by atoms with Crippen LogP contribution in [0.5, 0.6) is 5.75 Å². The lowest BCUT2D eigenvalue weighted by atomic mass is 9.86. The van der Waals surface area contributed by atoms with Gasteiger partial charge in [0.15, 0.2) is 0 Å². The van der Waals surface area contributed by atoms with Gasteiger partial charge in [0, 0.05) is 6.20 Å². The number of carbonyl (C=O) groups is 1. The lowest BCUT2D eigenvalue weighted by Crippen LogP contribution is -2.44. The second-order valence-corrected chi connectivity index (χ2v) is 8.66. The van der Waals surface area contributed by atoms with E-state index in [1.807, 2.05) is 10.9 Å². The molecule has 1 aliphatic carbocycles. The van der Waals surface area contributed by atoms with E-state index in [1.54, 1.807) is 18.2 Å². The van der Waals surface area contributed by atoms with Crippen molar-refractivity contribution in [2.75, 3.05) is 13.2 Å². The molecule has 5 rings (SSSR count). The van der Waals surface area contributed by atoms with Gasteiger partial charge < -0.3 is 19.9 Å². The third kappa shape index (κ3) is 3.81. The molecule has 0 radical (unpaired) electrons. The fourth-order valence-corrected chi connectivity index (χ4v) is 5.00. The Balaban J connectivity index is 1.21. The Hall–Kier alpha value is -2.45. The highest BCUT2D eigenvalue weighted by Crippen LogP contribution is 2.34. The summed E-state index contributed by atoms with van der Waals surface area (Å²) in [5.41, 5.74) is 1.28. The van der Waals surface area contributed by atoms with Gasteiger partial charge in [-0.15, -0.1) is 5.10 Å². The first-order chi connectivity index (χ1) is 14.7. The van der Waals surface area contributed by atoms with Crippen LogP contribution in [0, 0.1) is 5.92 Å². The first-order valence-corrected chi connectivity index (χ1v) is 10.9. The van der Waals surface area contributed by atoms with Crippen LogP contribution in [0.25, 0.3) is 0 Å². The smallest absolute Gasteiger partial charge is 0.255 e. The number of hydrogen-bond donors (Lipinski definition) is 2. The maximum Gasteiger partial charge on any atom is 0.255 e. The molecule has 2 saturated heterocycles. The number of carbonyl (C=O) groups excluding carboxylic acids is 1. The van der Waals surface area contributed by atoms with Crippen LogP contribution in [0.4, 0.5) is 0 Å². The van der Waals surface area contributed by atoms with E-state index in [2.05, 4.69) is 15.6 Å². The first-order valence-electron chi connectivity index (χ1n) is 10.9. The van der Waals surface area contributed by atoms with E-state index >= 15 is 0 Å². The highest BCUT2D eigenvalue weighted by Gasteiger charge is 2.49. The van der Waals surface area contributed by atoms with Gasteiger partial charge in [0.2, 0.25) is 0 Å². The van der Waals surface area contributed by atoms with Crippen molar-refractivity contribution >= 4 is 5.91 Å². The fourth-order valence-electron chi connectivity index (χ4n) is 5.00. The largest absolute Gasteiger partial charge is 0.507 e. The average molecular weight is 412 g/mol. The Bertz CT molecular complexity index is 895. The number of aromatic hydroxyl groups is 1. The summed E-state index contributed by atoms with van der Waals surface area (Å²) in [6.45, 7) is 0.847. The molecule has 0 bridgehead atoms. The summed E-state index contributed by atoms with van der Waals surface area (Å²) in [5.74, 6) is 0.349. The zero-order valence-corrected chi connectivity index (χ0v) is 16.9. The minimum atomic E-state index is -0.329. The van der Waals surface area contributed by atoms with E-state index < -0.39 is 0 Å². The molecular weight excluding hydrogens is 384 g/mol. The quantitative estimate of drug-likeness (QED) is 0.782. The molecule has 30 heavy (non-hydrogen) atoms. The predicted octanol–water partition coefficient (Wildman–Crippen LogP) is 2.24. The van der Waals surface area contributed by atoms with Crippen molar-refractivity contribution in [2.24, 2.45) is 5.92 Å². The van der Waals surface area contributed by atoms with E-state index in [9.17, 15) is 9.90 Å². The van der Waals surface area contributed by atoms with Gasteiger partial charge in [-0.2, -0.15) is 0 Å². The molecule has 160 valence electrons. The van der Waals surface area contributed by atoms with Gasteiger partial charge >= 0.3 is 0 Å². The summed E-state index contributed by atoms with van der Waals surface area (Å²) in [5, 5.41) is 21.6. The van der Waals surface area contributed by atoms with Crippen molar-refractivity contribution in [3.63, 3.8) is 0 Å². The number of phenolic OH excluding ortho intramolecular Hbond substituents is 1. The summed E-state index contributed by atoms with van der Waals surface area (Å²) in [6, 6.07) is 6.19. The molecule has 0 unspecified atom stereocenters. The van der Waals surface area contributed by atoms with Crippen LogP contribution in [0.1, 0.15) is 54.2 Å². The molecule has 3 aliphatic rings. The molecule has 2 aromatic rings. The van der Waals surface area contributed by atoms with Crippen LogP contribution in [-0.2, 0) is 15.9 Å². The topological polar surface area (TPSA) is 98.5 Å². The number of nitrogens with one attached hydrogen (secondary N) is 1. The molecule has 3 heterocycles. The van der Waals surface area contributed by atoms with Gasteiger partial charge in [0.25, 0.3) is 5.91 Å². The molecule has 0 spiro atoms. The van der Waals surface area contributed by atoms with Gasteiger partial charge in [-0.05, 0) is 24.5 Å². The number of phenols is 1. The van der Waals surface area contributed by atoms with E-state index in [4.69, 9.17) is 9.47 Å². The average Bonchev–Trinajstić information content (AvgIpc) is 3.47. The van der Waals surface area contributed by atoms with E-state index in [0.29, 0.717) is 19.1 Å². The number of ether oxygens (including phenoxy) is 2. The second kappa shape index (κ2) is 8.35. The summed E-state index contributed by atoms with van der Waals surface area (Å²) >= 11 is 0.